The predicted octanol–water partition coefficient (Wildman–Crippen LogP) is 0.515. The van der Waals surface area contributed by atoms with Crippen LogP contribution in [0.3, 0.4) is 0 Å². The second-order valence-corrected chi connectivity index (χ2v) is 3.46. The Morgan fingerprint density at radius 1 is 1.39 bits per heavy atom. The number of rotatable bonds is 3. The number of pyridine rings is 1. The smallest absolute Gasteiger partial charge is 0.270 e. The fraction of sp³-hybridized carbons (Fsp3) is 0.0909. The zero-order valence-electron chi connectivity index (χ0n) is 9.25. The van der Waals surface area contributed by atoms with Gasteiger partial charge in [-0.15, -0.1) is 0 Å². The fourth-order valence-electron chi connectivity index (χ4n) is 1.57. The van der Waals surface area contributed by atoms with Crippen LogP contribution in [0.1, 0.15) is 10.5 Å². The van der Waals surface area contributed by atoms with Crippen molar-refractivity contribution in [3.63, 3.8) is 0 Å². The van der Waals surface area contributed by atoms with Crippen LogP contribution in [-0.4, -0.2) is 23.0 Å². The molecule has 0 saturated carbocycles. The number of nitro groups is 1. The van der Waals surface area contributed by atoms with E-state index < -0.39 is 10.9 Å². The molecule has 0 amide bonds. The lowest BCUT2D eigenvalue weighted by Crippen LogP contribution is -2.23. The number of carbonyl (C=O) groups is 1. The molecule has 1 heterocycles. The van der Waals surface area contributed by atoms with Crippen LogP contribution in [0.4, 0.5) is 5.69 Å². The van der Waals surface area contributed by atoms with Gasteiger partial charge in [0, 0.05) is 23.6 Å². The van der Waals surface area contributed by atoms with Gasteiger partial charge in [0.25, 0.3) is 5.69 Å². The molecule has 0 radical (unpaired) electrons. The van der Waals surface area contributed by atoms with Crippen LogP contribution in [0.15, 0.2) is 24.3 Å². The van der Waals surface area contributed by atoms with Gasteiger partial charge in [0.2, 0.25) is 0 Å². The number of carboxylic acids is 1. The summed E-state index contributed by atoms with van der Waals surface area (Å²) >= 11 is 0. The van der Waals surface area contributed by atoms with E-state index in [1.54, 1.807) is 0 Å². The number of benzene rings is 1. The van der Waals surface area contributed by atoms with Gasteiger partial charge in [-0.3, -0.25) is 10.1 Å². The third-order valence-electron chi connectivity index (χ3n) is 2.39. The zero-order chi connectivity index (χ0) is 13.3. The Labute approximate surface area is 101 Å². The van der Waals surface area contributed by atoms with Crippen molar-refractivity contribution in [3.05, 3.63) is 40.1 Å². The number of carbonyl (C=O) groups excluding carboxylic acids is 1. The molecule has 0 atom stereocenters. The molecule has 0 N–H and O–H groups in total. The van der Waals surface area contributed by atoms with Crippen molar-refractivity contribution in [1.82, 2.24) is 4.98 Å². The molecule has 2 rings (SSSR count). The Hall–Kier alpha value is -2.70. The average Bonchev–Trinajstić information content (AvgIpc) is 2.36. The highest BCUT2D eigenvalue weighted by Gasteiger charge is 2.12. The molecule has 1 aromatic carbocycles. The summed E-state index contributed by atoms with van der Waals surface area (Å²) in [4.78, 5) is 24.7. The molecule has 18 heavy (non-hydrogen) atoms. The molecule has 7 nitrogen and oxygen atoms in total. The molecule has 0 aliphatic rings. The second-order valence-electron chi connectivity index (χ2n) is 3.46. The largest absolute Gasteiger partial charge is 0.543 e. The van der Waals surface area contributed by atoms with Crippen molar-refractivity contribution in [3.8, 4) is 5.75 Å². The number of nitro benzene ring substituents is 1. The van der Waals surface area contributed by atoms with E-state index in [-0.39, 0.29) is 17.1 Å². The molecule has 92 valence electrons. The second kappa shape index (κ2) is 4.28. The SMILES string of the molecule is COc1cc(C(=O)[O-])nc2ccc([N+](=O)[O-])cc12. The predicted molar refractivity (Wildman–Crippen MR) is 59.3 cm³/mol. The van der Waals surface area contributed by atoms with Crippen LogP contribution in [0.25, 0.3) is 10.9 Å². The number of nitrogens with zero attached hydrogens (tertiary/aromatic N) is 2. The van der Waals surface area contributed by atoms with E-state index in [0.717, 1.165) is 0 Å². The number of fused-ring (bicyclic) bond motifs is 1. The molecule has 0 aliphatic carbocycles. The first-order valence-electron chi connectivity index (χ1n) is 4.87. The molecule has 0 aliphatic heterocycles. The minimum absolute atomic E-state index is 0.121. The van der Waals surface area contributed by atoms with Crippen LogP contribution in [0, 0.1) is 10.1 Å². The third kappa shape index (κ3) is 1.93. The molecule has 7 heteroatoms. The molecule has 0 bridgehead atoms. The minimum Gasteiger partial charge on any atom is -0.543 e. The number of hydrogen-bond acceptors (Lipinski definition) is 6. The van der Waals surface area contributed by atoms with Crippen LogP contribution < -0.4 is 9.84 Å². The summed E-state index contributed by atoms with van der Waals surface area (Å²) in [5, 5.41) is 21.8. The highest BCUT2D eigenvalue weighted by Crippen LogP contribution is 2.28. The summed E-state index contributed by atoms with van der Waals surface area (Å²) in [6.45, 7) is 0. The lowest BCUT2D eigenvalue weighted by Gasteiger charge is -2.08. The molecule has 0 saturated heterocycles. The Morgan fingerprint density at radius 2 is 2.11 bits per heavy atom. The van der Waals surface area contributed by atoms with Gasteiger partial charge in [-0.05, 0) is 6.07 Å². The van der Waals surface area contributed by atoms with Crippen molar-refractivity contribution >= 4 is 22.6 Å². The molecular weight excluding hydrogens is 240 g/mol. The van der Waals surface area contributed by atoms with Gasteiger partial charge in [0.15, 0.2) is 0 Å². The molecule has 0 unspecified atom stereocenters. The van der Waals surface area contributed by atoms with E-state index in [4.69, 9.17) is 4.74 Å². The van der Waals surface area contributed by atoms with Gasteiger partial charge in [0.05, 0.1) is 29.2 Å². The molecular formula is C11H7N2O5-. The normalized spacial score (nSPS) is 10.3. The Balaban J connectivity index is 2.75. The number of carboxylic acid groups (broad SMARTS) is 1. The van der Waals surface area contributed by atoms with Gasteiger partial charge in [-0.25, -0.2) is 4.98 Å². The highest BCUT2D eigenvalue weighted by atomic mass is 16.6. The molecule has 2 aromatic rings. The first-order chi connectivity index (χ1) is 8.52. The lowest BCUT2D eigenvalue weighted by molar-refractivity contribution is -0.384. The van der Waals surface area contributed by atoms with Crippen molar-refractivity contribution in [1.29, 1.82) is 0 Å². The van der Waals surface area contributed by atoms with E-state index in [0.29, 0.717) is 10.9 Å². The Kier molecular flexibility index (Phi) is 2.80. The van der Waals surface area contributed by atoms with Gasteiger partial charge < -0.3 is 14.6 Å². The lowest BCUT2D eigenvalue weighted by atomic mass is 10.1. The molecule has 0 spiro atoms. The Bertz CT molecular complexity index is 653. The quantitative estimate of drug-likeness (QED) is 0.578. The summed E-state index contributed by atoms with van der Waals surface area (Å²) < 4.78 is 5.00. The molecule has 0 fully saturated rings. The minimum atomic E-state index is -1.44. The highest BCUT2D eigenvalue weighted by molar-refractivity contribution is 5.93. The maximum absolute atomic E-state index is 10.8. The fourth-order valence-corrected chi connectivity index (χ4v) is 1.57. The van der Waals surface area contributed by atoms with Crippen molar-refractivity contribution in [2.75, 3.05) is 7.11 Å². The number of ether oxygens (including phenoxy) is 1. The van der Waals surface area contributed by atoms with Crippen LogP contribution in [-0.2, 0) is 0 Å². The summed E-state index contributed by atoms with van der Waals surface area (Å²) in [7, 11) is 1.34. The number of non-ortho nitro benzene ring substituents is 1. The average molecular weight is 247 g/mol. The van der Waals surface area contributed by atoms with E-state index >= 15 is 0 Å². The Morgan fingerprint density at radius 3 is 2.67 bits per heavy atom. The van der Waals surface area contributed by atoms with E-state index in [1.807, 2.05) is 0 Å². The summed E-state index contributed by atoms with van der Waals surface area (Å²) in [5.74, 6) is -1.24. The third-order valence-corrected chi connectivity index (χ3v) is 2.39. The zero-order valence-corrected chi connectivity index (χ0v) is 9.25. The van der Waals surface area contributed by atoms with Crippen LogP contribution in [0.2, 0.25) is 0 Å². The van der Waals surface area contributed by atoms with Crippen molar-refractivity contribution < 1.29 is 19.6 Å². The molecule has 1 aromatic heterocycles. The monoisotopic (exact) mass is 247 g/mol. The maximum Gasteiger partial charge on any atom is 0.270 e. The van der Waals surface area contributed by atoms with E-state index in [1.165, 1.54) is 31.4 Å². The van der Waals surface area contributed by atoms with Gasteiger partial charge >= 0.3 is 0 Å². The number of methoxy groups -OCH3 is 1. The van der Waals surface area contributed by atoms with Gasteiger partial charge in [-0.2, -0.15) is 0 Å². The number of aromatic nitrogens is 1. The van der Waals surface area contributed by atoms with Crippen molar-refractivity contribution in [2.45, 2.75) is 0 Å². The summed E-state index contributed by atoms with van der Waals surface area (Å²) in [6, 6.07) is 5.05. The first kappa shape index (κ1) is 11.8. The summed E-state index contributed by atoms with van der Waals surface area (Å²) in [5.41, 5.74) is -0.115. The van der Waals surface area contributed by atoms with Gasteiger partial charge in [-0.1, -0.05) is 0 Å². The maximum atomic E-state index is 10.8. The van der Waals surface area contributed by atoms with E-state index in [9.17, 15) is 20.0 Å². The van der Waals surface area contributed by atoms with Gasteiger partial charge in [0.1, 0.15) is 5.75 Å². The van der Waals surface area contributed by atoms with Crippen LogP contribution in [0.5, 0.6) is 5.75 Å². The summed E-state index contributed by atoms with van der Waals surface area (Å²) in [6.07, 6.45) is 0. The number of aromatic carboxylic acids is 1. The first-order valence-corrected chi connectivity index (χ1v) is 4.87. The number of hydrogen-bond donors (Lipinski definition) is 0. The standard InChI is InChI=1S/C11H8N2O5/c1-18-10-5-9(11(14)15)12-8-3-2-6(13(16)17)4-7(8)10/h2-5H,1H3,(H,14,15)/p-1. The van der Waals surface area contributed by atoms with E-state index in [2.05, 4.69) is 4.98 Å². The van der Waals surface area contributed by atoms with Crippen LogP contribution >= 0.6 is 0 Å². The topological polar surface area (TPSA) is 105 Å². The van der Waals surface area contributed by atoms with Crippen molar-refractivity contribution in [2.24, 2.45) is 0 Å².